The zero-order valence-corrected chi connectivity index (χ0v) is 14.8. The Morgan fingerprint density at radius 3 is 2.14 bits per heavy atom. The third-order valence-corrected chi connectivity index (χ3v) is 3.86. The van der Waals surface area contributed by atoms with Crippen molar-refractivity contribution in [3.05, 3.63) is 24.0 Å². The molecule has 1 N–H and O–H groups in total. The van der Waals surface area contributed by atoms with Gasteiger partial charge in [0.25, 0.3) is 0 Å². The van der Waals surface area contributed by atoms with E-state index in [1.165, 1.54) is 70.8 Å². The van der Waals surface area contributed by atoms with Gasteiger partial charge in [-0.3, -0.25) is 4.90 Å². The summed E-state index contributed by atoms with van der Waals surface area (Å²) >= 11 is 0. The maximum atomic E-state index is 8.89. The molecule has 0 aromatic carbocycles. The highest BCUT2D eigenvalue weighted by atomic mass is 16.4. The van der Waals surface area contributed by atoms with Crippen LogP contribution in [0.15, 0.2) is 24.0 Å². The number of carbonyl (C=O) groups is 1. The van der Waals surface area contributed by atoms with Gasteiger partial charge in [0.1, 0.15) is 5.70 Å². The molecule has 1 rings (SSSR count). The van der Waals surface area contributed by atoms with Crippen molar-refractivity contribution in [2.75, 3.05) is 6.54 Å². The van der Waals surface area contributed by atoms with Crippen LogP contribution in [-0.4, -0.2) is 12.5 Å². The lowest BCUT2D eigenvalue weighted by Gasteiger charge is -2.14. The van der Waals surface area contributed by atoms with Crippen LogP contribution in [0.2, 0.25) is 0 Å². The number of allylic oxidation sites excluding steroid dienone is 3. The molecule has 1 heterocycles. The summed E-state index contributed by atoms with van der Waals surface area (Å²) in [4.78, 5) is 10.5. The zero-order valence-electron chi connectivity index (χ0n) is 14.8. The maximum Gasteiger partial charge on any atom is 0.112 e. The Morgan fingerprint density at radius 1 is 1.00 bits per heavy atom. The zero-order chi connectivity index (χ0) is 16.6. The van der Waals surface area contributed by atoms with Gasteiger partial charge < -0.3 is 9.90 Å². The molecule has 0 aliphatic carbocycles. The highest BCUT2D eigenvalue weighted by Crippen LogP contribution is 2.07. The molecule has 3 heteroatoms. The molecule has 22 heavy (non-hydrogen) atoms. The second-order valence-electron chi connectivity index (χ2n) is 6.04. The Kier molecular flexibility index (Phi) is 14.1. The molecule has 0 spiro atoms. The van der Waals surface area contributed by atoms with Gasteiger partial charge in [-0.05, 0) is 32.3 Å². The second kappa shape index (κ2) is 14.8. The molecule has 0 bridgehead atoms. The van der Waals surface area contributed by atoms with E-state index in [0.717, 1.165) is 6.92 Å². The Hall–Kier alpha value is -1.09. The van der Waals surface area contributed by atoms with E-state index >= 15 is 0 Å². The lowest BCUT2D eigenvalue weighted by atomic mass is 10.1. The van der Waals surface area contributed by atoms with E-state index in [2.05, 4.69) is 32.2 Å². The fraction of sp³-hybridized carbons (Fsp3) is 0.737. The summed E-state index contributed by atoms with van der Waals surface area (Å²) < 4.78 is 0. The van der Waals surface area contributed by atoms with E-state index in [0.29, 0.717) is 0 Å². The summed E-state index contributed by atoms with van der Waals surface area (Å²) in [5.74, 6) is -1.08. The number of carbonyl (C=O) groups excluding carboxylic acids is 1. The molecular weight excluding hydrogens is 274 g/mol. The van der Waals surface area contributed by atoms with Crippen LogP contribution in [0.1, 0.15) is 85.0 Å². The standard InChI is InChI=1S/C17H31N.C2H4O2/c1-3-5-7-8-9-10-11-15-18-16-12-14-17(18)13-6-4-2;1-2(3)4/h12,14,16H,3-11,13,15H2,1-2H3;1H3,(H,3,4). The van der Waals surface area contributed by atoms with Gasteiger partial charge >= 0.3 is 0 Å². The van der Waals surface area contributed by atoms with Crippen molar-refractivity contribution in [1.29, 1.82) is 0 Å². The molecule has 0 saturated heterocycles. The topological polar surface area (TPSA) is 44.6 Å². The van der Waals surface area contributed by atoms with E-state index in [9.17, 15) is 0 Å². The Morgan fingerprint density at radius 2 is 1.55 bits per heavy atom. The van der Waals surface area contributed by atoms with Gasteiger partial charge in [0.05, 0.1) is 12.7 Å². The minimum atomic E-state index is -1.08. The molecule has 0 fully saturated rings. The molecule has 3 nitrogen and oxygen atoms in total. The first-order valence-electron chi connectivity index (χ1n) is 9.02. The van der Waals surface area contributed by atoms with Gasteiger partial charge in [0, 0.05) is 18.5 Å². The average molecular weight is 309 g/mol. The van der Waals surface area contributed by atoms with E-state index in [4.69, 9.17) is 9.90 Å². The second-order valence-corrected chi connectivity index (χ2v) is 6.04. The van der Waals surface area contributed by atoms with E-state index < -0.39 is 5.97 Å². The van der Waals surface area contributed by atoms with Crippen LogP contribution in [0.4, 0.5) is 0 Å². The summed E-state index contributed by atoms with van der Waals surface area (Å²) in [6.45, 7) is 6.84. The molecule has 0 aromatic heterocycles. The van der Waals surface area contributed by atoms with Gasteiger partial charge in [-0.1, -0.05) is 52.4 Å². The summed E-state index contributed by atoms with van der Waals surface area (Å²) in [6.07, 6.45) is 20.7. The maximum absolute atomic E-state index is 8.89. The molecule has 0 aromatic rings. The monoisotopic (exact) mass is 309 g/mol. The fourth-order valence-corrected chi connectivity index (χ4v) is 2.62. The van der Waals surface area contributed by atoms with Gasteiger partial charge in [-0.15, -0.1) is 0 Å². The number of aliphatic carboxylic acids is 1. The van der Waals surface area contributed by atoms with E-state index in [1.54, 1.807) is 10.6 Å². The SMILES string of the molecule is CC(=O)[O-].CCCCCCCCC[NH+]1C=CC=C1CCCC. The molecule has 1 aliphatic rings. The van der Waals surface area contributed by atoms with Crippen molar-refractivity contribution in [3.63, 3.8) is 0 Å². The summed E-state index contributed by atoms with van der Waals surface area (Å²) in [7, 11) is 0. The van der Waals surface area contributed by atoms with E-state index in [-0.39, 0.29) is 0 Å². The number of quaternary nitrogens is 1. The van der Waals surface area contributed by atoms with Crippen molar-refractivity contribution in [1.82, 2.24) is 0 Å². The number of hydrogen-bond acceptors (Lipinski definition) is 2. The van der Waals surface area contributed by atoms with Crippen LogP contribution < -0.4 is 10.0 Å². The number of carboxylic acid groups (broad SMARTS) is 1. The van der Waals surface area contributed by atoms with Crippen molar-refractivity contribution < 1.29 is 14.8 Å². The Labute approximate surface area is 137 Å². The number of rotatable bonds is 11. The minimum absolute atomic E-state index is 0.972. The van der Waals surface area contributed by atoms with Crippen LogP contribution in [0.25, 0.3) is 0 Å². The van der Waals surface area contributed by atoms with Gasteiger partial charge in [-0.2, -0.15) is 0 Å². The molecule has 0 saturated carbocycles. The largest absolute Gasteiger partial charge is 0.550 e. The van der Waals surface area contributed by atoms with Crippen LogP contribution in [0.5, 0.6) is 0 Å². The molecule has 0 radical (unpaired) electrons. The molecule has 1 aliphatic heterocycles. The highest BCUT2D eigenvalue weighted by Gasteiger charge is 2.15. The number of unbranched alkanes of at least 4 members (excludes halogenated alkanes) is 7. The van der Waals surface area contributed by atoms with Crippen molar-refractivity contribution in [3.8, 4) is 0 Å². The van der Waals surface area contributed by atoms with Crippen molar-refractivity contribution in [2.24, 2.45) is 0 Å². The molecule has 1 unspecified atom stereocenters. The Balaban J connectivity index is 0.000000980. The fourth-order valence-electron chi connectivity index (χ4n) is 2.62. The number of nitrogens with one attached hydrogen (secondary N) is 1. The van der Waals surface area contributed by atoms with Gasteiger partial charge in [-0.25, -0.2) is 0 Å². The molecule has 128 valence electrons. The number of hydrogen-bond donors (Lipinski definition) is 1. The molecule has 1 atom stereocenters. The summed E-state index contributed by atoms with van der Waals surface area (Å²) in [5.41, 5.74) is 1.61. The first kappa shape index (κ1) is 20.9. The molecular formula is C19H35NO2. The van der Waals surface area contributed by atoms with Crippen LogP contribution in [0.3, 0.4) is 0 Å². The predicted octanol–water partition coefficient (Wildman–Crippen LogP) is 2.98. The van der Waals surface area contributed by atoms with Crippen LogP contribution >= 0.6 is 0 Å². The molecule has 0 amide bonds. The van der Waals surface area contributed by atoms with Crippen molar-refractivity contribution in [2.45, 2.75) is 85.0 Å². The van der Waals surface area contributed by atoms with Crippen molar-refractivity contribution >= 4 is 5.97 Å². The van der Waals surface area contributed by atoms with Gasteiger partial charge in [0.2, 0.25) is 0 Å². The first-order chi connectivity index (χ1) is 10.6. The lowest BCUT2D eigenvalue weighted by Crippen LogP contribution is -3.04. The highest BCUT2D eigenvalue weighted by molar-refractivity contribution is 5.60. The average Bonchev–Trinajstić information content (AvgIpc) is 2.91. The first-order valence-corrected chi connectivity index (χ1v) is 9.02. The minimum Gasteiger partial charge on any atom is -0.550 e. The number of carboxylic acids is 1. The lowest BCUT2D eigenvalue weighted by molar-refractivity contribution is -0.804. The van der Waals surface area contributed by atoms with Gasteiger partial charge in [0.15, 0.2) is 0 Å². The third-order valence-electron chi connectivity index (χ3n) is 3.86. The van der Waals surface area contributed by atoms with E-state index in [1.807, 2.05) is 0 Å². The smallest absolute Gasteiger partial charge is 0.112 e. The Bertz CT molecular complexity index is 330. The van der Waals surface area contributed by atoms with Crippen LogP contribution in [-0.2, 0) is 4.79 Å². The predicted molar refractivity (Wildman–Crippen MR) is 91.3 cm³/mol. The normalized spacial score (nSPS) is 16.1. The van der Waals surface area contributed by atoms with Crippen LogP contribution in [0, 0.1) is 0 Å². The summed E-state index contributed by atoms with van der Waals surface area (Å²) in [6, 6.07) is 0. The third kappa shape index (κ3) is 12.6. The summed E-state index contributed by atoms with van der Waals surface area (Å²) in [5, 5.41) is 8.89. The quantitative estimate of drug-likeness (QED) is 0.596.